The van der Waals surface area contributed by atoms with E-state index in [-0.39, 0.29) is 18.0 Å². The van der Waals surface area contributed by atoms with Crippen LogP contribution in [0.25, 0.3) is 10.1 Å². The number of hydrogen-bond donors (Lipinski definition) is 1. The van der Waals surface area contributed by atoms with Crippen molar-refractivity contribution in [2.75, 3.05) is 44.7 Å². The third-order valence-corrected chi connectivity index (χ3v) is 6.00. The van der Waals surface area contributed by atoms with E-state index in [2.05, 4.69) is 26.7 Å². The predicted octanol–water partition coefficient (Wildman–Crippen LogP) is 1.75. The lowest BCUT2D eigenvalue weighted by molar-refractivity contribution is -0.132. The van der Waals surface area contributed by atoms with Gasteiger partial charge in [0.05, 0.1) is 4.70 Å². The number of anilines is 1. The minimum atomic E-state index is -0.0273. The molecule has 3 heterocycles. The number of rotatable bonds is 2. The quantitative estimate of drug-likeness (QED) is 0.871. The molecule has 2 aliphatic rings. The topological polar surface area (TPSA) is 68.8 Å². The number of urea groups is 1. The Morgan fingerprint density at radius 2 is 2.00 bits per heavy atom. The van der Waals surface area contributed by atoms with Gasteiger partial charge in [-0.25, -0.2) is 4.79 Å². The zero-order chi connectivity index (χ0) is 18.1. The van der Waals surface area contributed by atoms with Crippen LogP contribution in [0.4, 0.5) is 10.6 Å². The fourth-order valence-electron chi connectivity index (χ4n) is 3.62. The van der Waals surface area contributed by atoms with Crippen molar-refractivity contribution in [3.8, 4) is 0 Å². The van der Waals surface area contributed by atoms with Crippen molar-refractivity contribution >= 4 is 39.4 Å². The van der Waals surface area contributed by atoms with Gasteiger partial charge >= 0.3 is 6.03 Å². The van der Waals surface area contributed by atoms with Crippen LogP contribution >= 0.6 is 11.5 Å². The molecule has 138 valence electrons. The summed E-state index contributed by atoms with van der Waals surface area (Å²) in [7, 11) is 1.79. The van der Waals surface area contributed by atoms with Crippen molar-refractivity contribution in [1.82, 2.24) is 19.5 Å². The number of hydrogen-bond acceptors (Lipinski definition) is 5. The maximum atomic E-state index is 12.5. The smallest absolute Gasteiger partial charge is 0.317 e. The summed E-state index contributed by atoms with van der Waals surface area (Å²) in [5.74, 6) is 1.18. The van der Waals surface area contributed by atoms with Crippen molar-refractivity contribution in [3.63, 3.8) is 0 Å². The van der Waals surface area contributed by atoms with Crippen LogP contribution in [0.2, 0.25) is 0 Å². The SMILES string of the molecule is CN1C[C@H](NC(=O)N2CCN(c3nsc4ccccc34)CC2)CCC1=O. The summed E-state index contributed by atoms with van der Waals surface area (Å²) in [6.07, 6.45) is 1.23. The molecule has 0 spiro atoms. The molecule has 2 saturated heterocycles. The third-order valence-electron chi connectivity index (χ3n) is 5.18. The number of amides is 3. The monoisotopic (exact) mass is 373 g/mol. The summed E-state index contributed by atoms with van der Waals surface area (Å²) < 4.78 is 5.80. The molecule has 2 aliphatic heterocycles. The molecule has 0 bridgehead atoms. The van der Waals surface area contributed by atoms with Crippen molar-refractivity contribution in [2.24, 2.45) is 0 Å². The lowest BCUT2D eigenvalue weighted by Crippen LogP contribution is -2.56. The molecule has 0 radical (unpaired) electrons. The Morgan fingerprint density at radius 1 is 1.23 bits per heavy atom. The average molecular weight is 373 g/mol. The van der Waals surface area contributed by atoms with Crippen molar-refractivity contribution in [2.45, 2.75) is 18.9 Å². The molecule has 0 aliphatic carbocycles. The van der Waals surface area contributed by atoms with Gasteiger partial charge in [0.2, 0.25) is 5.91 Å². The Balaban J connectivity index is 1.33. The van der Waals surface area contributed by atoms with E-state index in [0.717, 1.165) is 25.3 Å². The van der Waals surface area contributed by atoms with Gasteiger partial charge in [0.25, 0.3) is 0 Å². The fourth-order valence-corrected chi connectivity index (χ4v) is 4.41. The lowest BCUT2D eigenvalue weighted by Gasteiger charge is -2.37. The van der Waals surface area contributed by atoms with Crippen LogP contribution in [0, 0.1) is 0 Å². The highest BCUT2D eigenvalue weighted by Gasteiger charge is 2.28. The van der Waals surface area contributed by atoms with Crippen LogP contribution in [0.3, 0.4) is 0 Å². The van der Waals surface area contributed by atoms with Gasteiger partial charge in [-0.15, -0.1) is 0 Å². The summed E-state index contributed by atoms with van der Waals surface area (Å²) in [4.78, 5) is 29.9. The fraction of sp³-hybridized carbons (Fsp3) is 0.500. The molecule has 0 saturated carbocycles. The number of likely N-dealkylation sites (N-methyl/N-ethyl adjacent to an activating group) is 1. The molecule has 8 heteroatoms. The van der Waals surface area contributed by atoms with Gasteiger partial charge < -0.3 is 20.0 Å². The molecule has 1 aromatic heterocycles. The van der Waals surface area contributed by atoms with Gasteiger partial charge in [-0.2, -0.15) is 4.37 Å². The normalized spacial score (nSPS) is 21.3. The van der Waals surface area contributed by atoms with Crippen molar-refractivity contribution < 1.29 is 9.59 Å². The molecule has 7 nitrogen and oxygen atoms in total. The number of nitrogens with one attached hydrogen (secondary N) is 1. The Hall–Kier alpha value is -2.35. The summed E-state index contributed by atoms with van der Waals surface area (Å²) in [5.41, 5.74) is 0. The van der Waals surface area contributed by atoms with E-state index in [4.69, 9.17) is 0 Å². The maximum Gasteiger partial charge on any atom is 0.317 e. The first-order valence-electron chi connectivity index (χ1n) is 9.00. The first kappa shape index (κ1) is 17.1. The van der Waals surface area contributed by atoms with Gasteiger partial charge in [-0.05, 0) is 30.1 Å². The van der Waals surface area contributed by atoms with Gasteiger partial charge in [0.15, 0.2) is 0 Å². The second-order valence-electron chi connectivity index (χ2n) is 6.94. The number of nitrogens with zero attached hydrogens (tertiary/aromatic N) is 4. The highest BCUT2D eigenvalue weighted by Crippen LogP contribution is 2.29. The Bertz CT molecular complexity index is 815. The molecule has 3 amide bonds. The number of aromatic nitrogens is 1. The lowest BCUT2D eigenvalue weighted by atomic mass is 10.1. The van der Waals surface area contributed by atoms with Crippen LogP contribution in [0.15, 0.2) is 24.3 Å². The molecule has 1 atom stereocenters. The largest absolute Gasteiger partial charge is 0.352 e. The number of piperazine rings is 1. The van der Waals surface area contributed by atoms with E-state index in [1.165, 1.54) is 21.6 Å². The second kappa shape index (κ2) is 7.11. The molecule has 2 fully saturated rings. The predicted molar refractivity (Wildman–Crippen MR) is 103 cm³/mol. The number of piperidine rings is 1. The number of benzene rings is 1. The summed E-state index contributed by atoms with van der Waals surface area (Å²) in [6, 6.07) is 8.28. The van der Waals surface area contributed by atoms with E-state index >= 15 is 0 Å². The zero-order valence-corrected chi connectivity index (χ0v) is 15.7. The van der Waals surface area contributed by atoms with E-state index < -0.39 is 0 Å². The van der Waals surface area contributed by atoms with Crippen LogP contribution in [-0.2, 0) is 4.79 Å². The van der Waals surface area contributed by atoms with Crippen molar-refractivity contribution in [1.29, 1.82) is 0 Å². The van der Waals surface area contributed by atoms with E-state index in [9.17, 15) is 9.59 Å². The van der Waals surface area contributed by atoms with Crippen LogP contribution in [0.1, 0.15) is 12.8 Å². The standard InChI is InChI=1S/C18H23N5O2S/c1-21-12-13(6-7-16(21)24)19-18(25)23-10-8-22(9-11-23)17-14-4-2-3-5-15(14)26-20-17/h2-5,13H,6-12H2,1H3,(H,19,25)/t13-/m1/s1. The minimum absolute atomic E-state index is 0.0273. The first-order valence-corrected chi connectivity index (χ1v) is 9.78. The van der Waals surface area contributed by atoms with Crippen LogP contribution in [0.5, 0.6) is 0 Å². The minimum Gasteiger partial charge on any atom is -0.352 e. The molecule has 0 unspecified atom stereocenters. The maximum absolute atomic E-state index is 12.5. The van der Waals surface area contributed by atoms with Gasteiger partial charge in [-0.3, -0.25) is 4.79 Å². The van der Waals surface area contributed by atoms with E-state index in [1.54, 1.807) is 11.9 Å². The molecule has 1 aromatic carbocycles. The van der Waals surface area contributed by atoms with E-state index in [1.807, 2.05) is 17.0 Å². The number of fused-ring (bicyclic) bond motifs is 1. The molecular formula is C18H23N5O2S. The number of carbonyl (C=O) groups is 2. The summed E-state index contributed by atoms with van der Waals surface area (Å²) >= 11 is 1.52. The van der Waals surface area contributed by atoms with Crippen LogP contribution < -0.4 is 10.2 Å². The summed E-state index contributed by atoms with van der Waals surface area (Å²) in [6.45, 7) is 3.52. The highest BCUT2D eigenvalue weighted by atomic mass is 32.1. The molecule has 1 N–H and O–H groups in total. The Kier molecular flexibility index (Phi) is 4.67. The molecule has 2 aromatic rings. The highest BCUT2D eigenvalue weighted by molar-refractivity contribution is 7.13. The van der Waals surface area contributed by atoms with Gasteiger partial charge in [0.1, 0.15) is 5.82 Å². The Morgan fingerprint density at radius 3 is 2.77 bits per heavy atom. The first-order chi connectivity index (χ1) is 12.6. The zero-order valence-electron chi connectivity index (χ0n) is 14.9. The third kappa shape index (κ3) is 3.33. The number of carbonyl (C=O) groups excluding carboxylic acids is 2. The van der Waals surface area contributed by atoms with Gasteiger partial charge in [-0.1, -0.05) is 12.1 Å². The number of likely N-dealkylation sites (tertiary alicyclic amines) is 1. The molecular weight excluding hydrogens is 350 g/mol. The second-order valence-corrected chi connectivity index (χ2v) is 7.74. The summed E-state index contributed by atoms with van der Waals surface area (Å²) in [5, 5.41) is 4.27. The molecule has 4 rings (SSSR count). The van der Waals surface area contributed by atoms with E-state index in [0.29, 0.717) is 26.1 Å². The van der Waals surface area contributed by atoms with Crippen LogP contribution in [-0.4, -0.2) is 71.9 Å². The van der Waals surface area contributed by atoms with Gasteiger partial charge in [0, 0.05) is 57.6 Å². The molecule has 26 heavy (non-hydrogen) atoms. The Labute approximate surface area is 156 Å². The average Bonchev–Trinajstić information content (AvgIpc) is 3.09. The van der Waals surface area contributed by atoms with Crippen molar-refractivity contribution in [3.05, 3.63) is 24.3 Å².